The highest BCUT2D eigenvalue weighted by molar-refractivity contribution is 7.99. The Morgan fingerprint density at radius 1 is 1.24 bits per heavy atom. The maximum atomic E-state index is 13.1. The van der Waals surface area contributed by atoms with E-state index >= 15 is 0 Å². The summed E-state index contributed by atoms with van der Waals surface area (Å²) in [5.74, 6) is -0.672. The summed E-state index contributed by atoms with van der Waals surface area (Å²) in [6, 6.07) is 5.59. The molecule has 0 radical (unpaired) electrons. The van der Waals surface area contributed by atoms with Gasteiger partial charge in [0.25, 0.3) is 0 Å². The molecule has 25 heavy (non-hydrogen) atoms. The fourth-order valence-electron chi connectivity index (χ4n) is 2.31. The van der Waals surface area contributed by atoms with Crippen LogP contribution in [0.3, 0.4) is 0 Å². The highest BCUT2D eigenvalue weighted by Gasteiger charge is 2.26. The molecule has 2 heterocycles. The third-order valence-electron chi connectivity index (χ3n) is 3.41. The van der Waals surface area contributed by atoms with Gasteiger partial charge in [-0.25, -0.2) is 14.2 Å². The third-order valence-corrected chi connectivity index (χ3v) is 4.28. The highest BCUT2D eigenvalue weighted by Crippen LogP contribution is 2.28. The minimum absolute atomic E-state index is 0.0741. The van der Waals surface area contributed by atoms with Crippen LogP contribution in [-0.4, -0.2) is 31.5 Å². The lowest BCUT2D eigenvalue weighted by Gasteiger charge is -2.05. The molecular weight excluding hydrogens is 360 g/mol. The topological polar surface area (TPSA) is 63.1 Å². The van der Waals surface area contributed by atoms with Gasteiger partial charge in [-0.1, -0.05) is 23.9 Å². The first-order valence-corrected chi connectivity index (χ1v) is 8.18. The third kappa shape index (κ3) is 3.84. The van der Waals surface area contributed by atoms with Gasteiger partial charge in [0.1, 0.15) is 5.82 Å². The molecule has 0 saturated carbocycles. The number of aryl methyl sites for hydroxylation is 1. The van der Waals surface area contributed by atoms with E-state index in [4.69, 9.17) is 0 Å². The van der Waals surface area contributed by atoms with E-state index in [1.807, 2.05) is 0 Å². The maximum absolute atomic E-state index is 13.1. The number of nitrogens with zero attached hydrogens (tertiary/aromatic N) is 3. The number of aromatic nitrogens is 4. The van der Waals surface area contributed by atoms with Crippen LogP contribution < -0.4 is 5.69 Å². The van der Waals surface area contributed by atoms with Gasteiger partial charge in [0.2, 0.25) is 0 Å². The van der Waals surface area contributed by atoms with Gasteiger partial charge >= 0.3 is 11.9 Å². The Labute approximate surface area is 143 Å². The molecule has 0 atom stereocenters. The second kappa shape index (κ2) is 6.51. The van der Waals surface area contributed by atoms with Crippen molar-refractivity contribution in [2.45, 2.75) is 24.7 Å². The van der Waals surface area contributed by atoms with Crippen LogP contribution in [-0.2, 0) is 0 Å². The summed E-state index contributed by atoms with van der Waals surface area (Å²) in [5, 5.41) is 4.17. The normalized spacial score (nSPS) is 12.0. The van der Waals surface area contributed by atoms with Gasteiger partial charge in [0.05, 0.1) is 12.1 Å². The summed E-state index contributed by atoms with van der Waals surface area (Å²) in [7, 11) is 0. The number of aromatic amines is 1. The second-order valence-electron chi connectivity index (χ2n) is 5.26. The van der Waals surface area contributed by atoms with Crippen LogP contribution >= 0.6 is 11.8 Å². The van der Waals surface area contributed by atoms with Crippen LogP contribution in [0.15, 0.2) is 34.2 Å². The van der Waals surface area contributed by atoms with Crippen LogP contribution in [0, 0.1) is 12.7 Å². The summed E-state index contributed by atoms with van der Waals surface area (Å²) in [4.78, 5) is 18.7. The van der Waals surface area contributed by atoms with Crippen molar-refractivity contribution in [3.05, 3.63) is 46.3 Å². The average molecular weight is 372 g/mol. The first-order chi connectivity index (χ1) is 11.7. The van der Waals surface area contributed by atoms with Crippen molar-refractivity contribution in [2.24, 2.45) is 0 Å². The van der Waals surface area contributed by atoms with Crippen molar-refractivity contribution in [3.8, 4) is 11.1 Å². The van der Waals surface area contributed by atoms with Gasteiger partial charge in [-0.15, -0.1) is 0 Å². The van der Waals surface area contributed by atoms with Crippen molar-refractivity contribution in [1.82, 2.24) is 19.6 Å². The molecule has 0 unspecified atom stereocenters. The lowest BCUT2D eigenvalue weighted by Crippen LogP contribution is -2.19. The second-order valence-corrected chi connectivity index (χ2v) is 6.35. The number of benzene rings is 1. The van der Waals surface area contributed by atoms with Crippen LogP contribution in [0.4, 0.5) is 17.6 Å². The van der Waals surface area contributed by atoms with Crippen LogP contribution in [0.5, 0.6) is 0 Å². The molecule has 5 nitrogen and oxygen atoms in total. The largest absolute Gasteiger partial charge is 0.389 e. The SMILES string of the molecule is Cc1nn2c(=O)[nH]c(SCCC(F)(F)F)nc2c1-c1ccc(F)cc1. The van der Waals surface area contributed by atoms with Gasteiger partial charge in [-0.05, 0) is 24.6 Å². The average Bonchev–Trinajstić information content (AvgIpc) is 2.84. The van der Waals surface area contributed by atoms with E-state index in [1.54, 1.807) is 6.92 Å². The zero-order chi connectivity index (χ0) is 18.2. The predicted octanol–water partition coefficient (Wildman–Crippen LogP) is 3.58. The number of hydrogen-bond acceptors (Lipinski definition) is 4. The zero-order valence-electron chi connectivity index (χ0n) is 12.9. The first kappa shape index (κ1) is 17.5. The summed E-state index contributed by atoms with van der Waals surface area (Å²) < 4.78 is 50.9. The number of nitrogens with one attached hydrogen (secondary N) is 1. The predicted molar refractivity (Wildman–Crippen MR) is 85.1 cm³/mol. The van der Waals surface area contributed by atoms with E-state index in [0.717, 1.165) is 16.3 Å². The van der Waals surface area contributed by atoms with Gasteiger partial charge < -0.3 is 0 Å². The number of halogens is 4. The quantitative estimate of drug-likeness (QED) is 0.562. The zero-order valence-corrected chi connectivity index (χ0v) is 13.7. The Balaban J connectivity index is 2.02. The number of thioether (sulfide) groups is 1. The lowest BCUT2D eigenvalue weighted by molar-refractivity contribution is -0.129. The molecule has 1 aromatic carbocycles. The van der Waals surface area contributed by atoms with Crippen LogP contribution in [0.1, 0.15) is 12.1 Å². The molecule has 0 bridgehead atoms. The molecular formula is C15H12F4N4OS. The van der Waals surface area contributed by atoms with E-state index in [2.05, 4.69) is 15.1 Å². The van der Waals surface area contributed by atoms with Crippen molar-refractivity contribution >= 4 is 17.4 Å². The summed E-state index contributed by atoms with van der Waals surface area (Å²) >= 11 is 0.804. The molecule has 0 amide bonds. The van der Waals surface area contributed by atoms with E-state index in [9.17, 15) is 22.4 Å². The molecule has 0 aliphatic carbocycles. The van der Waals surface area contributed by atoms with E-state index in [-0.39, 0.29) is 16.6 Å². The summed E-state index contributed by atoms with van der Waals surface area (Å²) in [6.45, 7) is 1.67. The van der Waals surface area contributed by atoms with Gasteiger partial charge in [0.15, 0.2) is 10.8 Å². The minimum Gasteiger partial charge on any atom is -0.285 e. The molecule has 1 N–H and O–H groups in total. The molecule has 3 aromatic rings. The molecule has 3 rings (SSSR count). The molecule has 132 valence electrons. The summed E-state index contributed by atoms with van der Waals surface area (Å²) in [5.41, 5.74) is 1.25. The van der Waals surface area contributed by atoms with Crippen molar-refractivity contribution in [3.63, 3.8) is 0 Å². The van der Waals surface area contributed by atoms with Gasteiger partial charge in [-0.3, -0.25) is 4.98 Å². The Morgan fingerprint density at radius 2 is 1.92 bits per heavy atom. The summed E-state index contributed by atoms with van der Waals surface area (Å²) in [6.07, 6.45) is -5.26. The van der Waals surface area contributed by atoms with Crippen molar-refractivity contribution in [1.29, 1.82) is 0 Å². The monoisotopic (exact) mass is 372 g/mol. The maximum Gasteiger partial charge on any atom is 0.389 e. The Kier molecular flexibility index (Phi) is 4.55. The fraction of sp³-hybridized carbons (Fsp3) is 0.267. The number of H-pyrrole nitrogens is 1. The van der Waals surface area contributed by atoms with Gasteiger partial charge in [0, 0.05) is 11.3 Å². The van der Waals surface area contributed by atoms with Gasteiger partial charge in [-0.2, -0.15) is 22.8 Å². The Hall–Kier alpha value is -2.36. The molecule has 10 heteroatoms. The van der Waals surface area contributed by atoms with Crippen LogP contribution in [0.2, 0.25) is 0 Å². The lowest BCUT2D eigenvalue weighted by atomic mass is 10.1. The number of alkyl halides is 3. The standard InChI is InChI=1S/C15H12F4N4OS/c1-8-11(9-2-4-10(16)5-3-9)12-20-13(21-14(24)23(12)22-8)25-7-6-15(17,18)19/h2-5H,6-7H2,1H3,(H,20,21,24). The molecule has 0 aliphatic rings. The van der Waals surface area contributed by atoms with Crippen molar-refractivity contribution in [2.75, 3.05) is 5.75 Å². The number of hydrogen-bond donors (Lipinski definition) is 1. The fourth-order valence-corrected chi connectivity index (χ4v) is 3.15. The molecule has 0 saturated heterocycles. The Morgan fingerprint density at radius 3 is 2.56 bits per heavy atom. The smallest absolute Gasteiger partial charge is 0.285 e. The van der Waals surface area contributed by atoms with E-state index in [1.165, 1.54) is 24.3 Å². The molecule has 0 aliphatic heterocycles. The minimum atomic E-state index is -4.27. The number of rotatable bonds is 4. The molecule has 0 spiro atoms. The van der Waals surface area contributed by atoms with Crippen molar-refractivity contribution < 1.29 is 17.6 Å². The van der Waals surface area contributed by atoms with E-state index in [0.29, 0.717) is 16.8 Å². The molecule has 2 aromatic heterocycles. The Bertz CT molecular complexity index is 963. The highest BCUT2D eigenvalue weighted by atomic mass is 32.2. The number of fused-ring (bicyclic) bond motifs is 1. The van der Waals surface area contributed by atoms with E-state index < -0.39 is 24.1 Å². The van der Waals surface area contributed by atoms with Crippen LogP contribution in [0.25, 0.3) is 16.8 Å². The first-order valence-electron chi connectivity index (χ1n) is 7.20. The molecule has 0 fully saturated rings.